The van der Waals surface area contributed by atoms with E-state index in [2.05, 4.69) is 99.8 Å². The first-order valence-corrected chi connectivity index (χ1v) is 33.9. The van der Waals surface area contributed by atoms with E-state index in [1.54, 1.807) is 0 Å². The van der Waals surface area contributed by atoms with Gasteiger partial charge in [-0.3, -0.25) is 9.98 Å². The molecule has 0 heterocycles. The minimum Gasteiger partial charge on any atom is -0.255 e. The van der Waals surface area contributed by atoms with E-state index in [4.69, 9.17) is 9.98 Å². The van der Waals surface area contributed by atoms with Gasteiger partial charge < -0.3 is 0 Å². The predicted octanol–water partition coefficient (Wildman–Crippen LogP) is 25.9. The average Bonchev–Trinajstić information content (AvgIpc) is 3.43. The monoisotopic (exact) mass is 1140 g/mol. The van der Waals surface area contributed by atoms with Crippen LogP contribution in [0.25, 0.3) is 0 Å². The topological polar surface area (TPSA) is 24.7 Å². The molecule has 0 saturated heterocycles. The van der Waals surface area contributed by atoms with Crippen LogP contribution in [-0.2, 0) is 33.3 Å². The summed E-state index contributed by atoms with van der Waals surface area (Å²) in [6.45, 7) is 6.90. The fraction of sp³-hybridized carbons (Fsp3) is 0.753. The Kier molecular flexibility index (Phi) is 55.9. The first-order chi connectivity index (χ1) is 37.3. The molecule has 0 unspecified atom stereocenters. The Balaban J connectivity index is 0.0000289. The van der Waals surface area contributed by atoms with E-state index < -0.39 is 0 Å². The van der Waals surface area contributed by atoms with Crippen molar-refractivity contribution in [2.75, 3.05) is 0 Å². The van der Waals surface area contributed by atoms with E-state index in [-0.39, 0.29) is 20.4 Å². The van der Waals surface area contributed by atoms with Gasteiger partial charge in [0.25, 0.3) is 0 Å². The van der Waals surface area contributed by atoms with E-state index in [0.717, 1.165) is 55.6 Å². The molecule has 438 valence electrons. The van der Waals surface area contributed by atoms with Gasteiger partial charge >= 0.3 is 0 Å². The molecule has 0 aromatic heterocycles. The van der Waals surface area contributed by atoms with Crippen LogP contribution >= 0.6 is 0 Å². The number of aliphatic imine (C=N–C) groups is 2. The fourth-order valence-corrected chi connectivity index (χ4v) is 11.0. The molecule has 0 radical (unpaired) electrons. The molecule has 0 amide bonds. The number of para-hydroxylation sites is 2. The Morgan fingerprint density at radius 2 is 0.566 bits per heavy atom. The van der Waals surface area contributed by atoms with Crippen molar-refractivity contribution in [1.29, 1.82) is 0 Å². The van der Waals surface area contributed by atoms with Crippen molar-refractivity contribution in [2.45, 2.75) is 355 Å². The average molecular weight is 1140 g/mol. The number of unbranched alkanes of at least 4 members (excludes halogenated alkanes) is 44. The van der Waals surface area contributed by atoms with Crippen molar-refractivity contribution in [3.8, 4) is 0 Å². The number of rotatable bonds is 57. The summed E-state index contributed by atoms with van der Waals surface area (Å²) in [6.07, 6.45) is 83.5. The van der Waals surface area contributed by atoms with Gasteiger partial charge in [0.1, 0.15) is 0 Å². The third-order valence-corrected chi connectivity index (χ3v) is 16.1. The number of benzene rings is 2. The molecule has 76 heavy (non-hydrogen) atoms. The van der Waals surface area contributed by atoms with E-state index in [9.17, 15) is 0 Å². The molecule has 0 aliphatic heterocycles. The number of allylic oxidation sites excluding steroid dienone is 4. The zero-order chi connectivity index (χ0) is 53.3. The van der Waals surface area contributed by atoms with Crippen LogP contribution in [-0.4, -0.2) is 11.9 Å². The van der Waals surface area contributed by atoms with Gasteiger partial charge in [0, 0.05) is 26.6 Å². The first kappa shape index (κ1) is 71.9. The summed E-state index contributed by atoms with van der Waals surface area (Å²) in [5.74, 6) is 0. The molecule has 0 saturated carbocycles. The molecular formula is C73H126N2Pd. The quantitative estimate of drug-likeness (QED) is 0.0273. The van der Waals surface area contributed by atoms with E-state index in [1.165, 1.54) is 306 Å². The van der Waals surface area contributed by atoms with Crippen LogP contribution in [0.4, 0.5) is 11.4 Å². The second-order valence-electron chi connectivity index (χ2n) is 23.3. The fourth-order valence-electron chi connectivity index (χ4n) is 11.0. The number of hydrogen-bond donors (Lipinski definition) is 0. The Morgan fingerprint density at radius 1 is 0.303 bits per heavy atom. The number of aryl methyl sites for hydroxylation is 2. The molecule has 0 aliphatic rings. The van der Waals surface area contributed by atoms with Gasteiger partial charge in [-0.2, -0.15) is 0 Å². The summed E-state index contributed by atoms with van der Waals surface area (Å²) < 4.78 is 0. The third-order valence-electron chi connectivity index (χ3n) is 16.1. The van der Waals surface area contributed by atoms with Crippen LogP contribution in [0.2, 0.25) is 0 Å². The zero-order valence-electron chi connectivity index (χ0n) is 51.0. The predicted molar refractivity (Wildman–Crippen MR) is 342 cm³/mol. The summed E-state index contributed by atoms with van der Waals surface area (Å²) >= 11 is 0. The molecule has 0 bridgehead atoms. The summed E-state index contributed by atoms with van der Waals surface area (Å²) in [5, 5.41) is 0. The van der Waals surface area contributed by atoms with Crippen molar-refractivity contribution in [3.63, 3.8) is 0 Å². The van der Waals surface area contributed by atoms with Crippen molar-refractivity contribution < 1.29 is 20.4 Å². The zero-order valence-corrected chi connectivity index (χ0v) is 52.5. The van der Waals surface area contributed by atoms with E-state index in [1.807, 2.05) is 0 Å². The third kappa shape index (κ3) is 46.8. The number of nitrogens with zero attached hydrogens (tertiary/aromatic N) is 2. The van der Waals surface area contributed by atoms with Crippen LogP contribution in [0.15, 0.2) is 82.8 Å². The van der Waals surface area contributed by atoms with Crippen molar-refractivity contribution in [1.82, 2.24) is 0 Å². The van der Waals surface area contributed by atoms with Crippen molar-refractivity contribution >= 4 is 23.3 Å². The Labute approximate surface area is 489 Å². The van der Waals surface area contributed by atoms with Gasteiger partial charge in [-0.1, -0.05) is 351 Å². The molecular weight excluding hydrogens is 1010 g/mol. The normalized spacial score (nSPS) is 12.1. The minimum absolute atomic E-state index is 0. The standard InChI is InChI=1S/C73H126N2.Pd/c1-4-7-10-12-14-16-18-20-22-24-26-28-30-32-34-36-38-40-42-44-46-48-50-52-55-61-69-63-57-59-66-72(69)74-68-71(65-54-9-6-3)75-73-67-60-58-64-70(73)62-56-53-51-49-47-45-43-41-39-37-35-33-31-29-27-25-23-21-19-17-15-13-11-8-5-2;/h50-53,57-60,63-64,66-68H,4-49,54-56,61-62,65H2,1-3H3;/b52-50+,53-51+,74-68-,75-71+;. The molecule has 0 fully saturated rings. The van der Waals surface area contributed by atoms with Crippen LogP contribution < -0.4 is 0 Å². The maximum absolute atomic E-state index is 5.28. The van der Waals surface area contributed by atoms with Crippen LogP contribution in [0.5, 0.6) is 0 Å². The van der Waals surface area contributed by atoms with Gasteiger partial charge in [-0.05, 0) is 87.5 Å². The molecule has 2 nitrogen and oxygen atoms in total. The second-order valence-corrected chi connectivity index (χ2v) is 23.3. The van der Waals surface area contributed by atoms with Gasteiger partial charge in [-0.25, -0.2) is 0 Å². The molecule has 0 N–H and O–H groups in total. The molecule has 2 aromatic rings. The molecule has 0 atom stereocenters. The SMILES string of the molecule is CCCCCCCCCCCCCCCCCCCCCCC/C=C/CCc1ccccc1/N=C\C(CCCCC)=N\c1ccccc1CC/C=C/CCCCCCCCCCCCCCCCCCCCCCC.[Pd]. The molecule has 0 aliphatic carbocycles. The summed E-state index contributed by atoms with van der Waals surface area (Å²) in [5.41, 5.74) is 5.98. The van der Waals surface area contributed by atoms with Crippen LogP contribution in [0.3, 0.4) is 0 Å². The summed E-state index contributed by atoms with van der Waals surface area (Å²) in [6, 6.07) is 17.5. The molecule has 2 aromatic carbocycles. The molecule has 2 rings (SSSR count). The van der Waals surface area contributed by atoms with E-state index >= 15 is 0 Å². The minimum atomic E-state index is 0. The van der Waals surface area contributed by atoms with Gasteiger partial charge in [-0.15, -0.1) is 0 Å². The Hall–Kier alpha value is -2.08. The largest absolute Gasteiger partial charge is 0.255 e. The summed E-state index contributed by atoms with van der Waals surface area (Å²) in [4.78, 5) is 10.4. The van der Waals surface area contributed by atoms with Crippen LogP contribution in [0.1, 0.15) is 353 Å². The Bertz CT molecular complexity index is 1600. The maximum Gasteiger partial charge on any atom is 0.0665 e. The second kappa shape index (κ2) is 59.1. The van der Waals surface area contributed by atoms with Gasteiger partial charge in [0.2, 0.25) is 0 Å². The smallest absolute Gasteiger partial charge is 0.0665 e. The summed E-state index contributed by atoms with van der Waals surface area (Å²) in [7, 11) is 0. The number of hydrogen-bond acceptors (Lipinski definition) is 2. The Morgan fingerprint density at radius 3 is 0.908 bits per heavy atom. The van der Waals surface area contributed by atoms with Gasteiger partial charge in [0.05, 0.1) is 17.1 Å². The first-order valence-electron chi connectivity index (χ1n) is 33.9. The molecule has 3 heteroatoms. The van der Waals surface area contributed by atoms with Crippen molar-refractivity contribution in [2.24, 2.45) is 9.98 Å². The molecule has 0 spiro atoms. The van der Waals surface area contributed by atoms with E-state index in [0.29, 0.717) is 0 Å². The maximum atomic E-state index is 5.28. The van der Waals surface area contributed by atoms with Crippen molar-refractivity contribution in [3.05, 3.63) is 84.0 Å². The van der Waals surface area contributed by atoms with Gasteiger partial charge in [0.15, 0.2) is 0 Å². The van der Waals surface area contributed by atoms with Crippen LogP contribution in [0, 0.1) is 0 Å².